The summed E-state index contributed by atoms with van der Waals surface area (Å²) in [5.74, 6) is -0.198. The Hall–Kier alpha value is -2.31. The van der Waals surface area contributed by atoms with Crippen molar-refractivity contribution in [1.29, 1.82) is 0 Å². The van der Waals surface area contributed by atoms with Crippen LogP contribution < -0.4 is 5.32 Å². The first-order valence-electron chi connectivity index (χ1n) is 11.9. The maximum atomic E-state index is 13.9. The first-order valence-corrected chi connectivity index (χ1v) is 13.2. The summed E-state index contributed by atoms with van der Waals surface area (Å²) >= 11 is 8.08. The number of halogens is 1. The number of nitrogens with one attached hydrogen (secondary N) is 1. The van der Waals surface area contributed by atoms with Gasteiger partial charge < -0.3 is 14.8 Å². The third-order valence-corrected chi connectivity index (χ3v) is 8.49. The van der Waals surface area contributed by atoms with E-state index in [1.807, 2.05) is 53.3 Å². The summed E-state index contributed by atoms with van der Waals surface area (Å²) in [5, 5.41) is 5.97. The van der Waals surface area contributed by atoms with E-state index in [4.69, 9.17) is 11.6 Å². The Labute approximate surface area is 203 Å². The molecule has 0 radical (unpaired) electrons. The zero-order chi connectivity index (χ0) is 23.0. The second kappa shape index (κ2) is 9.15. The number of thiophene rings is 1. The number of hydrogen-bond donors (Lipinski definition) is 1. The number of aromatic nitrogens is 1. The van der Waals surface area contributed by atoms with Crippen LogP contribution in [0.5, 0.6) is 0 Å². The fourth-order valence-electron chi connectivity index (χ4n) is 5.26. The molecule has 33 heavy (non-hydrogen) atoms. The molecule has 0 spiro atoms. The van der Waals surface area contributed by atoms with Crippen LogP contribution in [-0.2, 0) is 17.9 Å². The van der Waals surface area contributed by atoms with Crippen molar-refractivity contribution in [3.8, 4) is 0 Å². The smallest absolute Gasteiger partial charge is 0.271 e. The van der Waals surface area contributed by atoms with Crippen LogP contribution in [0.1, 0.15) is 67.9 Å². The van der Waals surface area contributed by atoms with Gasteiger partial charge in [0, 0.05) is 17.6 Å². The highest BCUT2D eigenvalue weighted by molar-refractivity contribution is 7.17. The minimum absolute atomic E-state index is 0.0730. The fraction of sp³-hybridized carbons (Fsp3) is 0.462. The third-order valence-electron chi connectivity index (χ3n) is 7.26. The standard InChI is InChI=1S/C26H30ClN3O2S/c1-26(25(32)28-19-10-5-3-2-4-6-11-19)17-29-21-13-14-33-23(21)15-22(29)24(31)30(26)16-18-9-7-8-12-20(18)27/h7-9,12-15,19H,2-6,10-11,16-17H2,1H3,(H,28,32)/t26-/m1/s1. The summed E-state index contributed by atoms with van der Waals surface area (Å²) in [5.41, 5.74) is 1.49. The Balaban J connectivity index is 1.50. The molecule has 0 unspecified atom stereocenters. The molecule has 1 fully saturated rings. The lowest BCUT2D eigenvalue weighted by Gasteiger charge is -2.45. The molecule has 2 amide bonds. The van der Waals surface area contributed by atoms with E-state index in [2.05, 4.69) is 5.32 Å². The predicted molar refractivity (Wildman–Crippen MR) is 134 cm³/mol. The molecule has 3 aromatic rings. The normalized spacial score (nSPS) is 22.1. The van der Waals surface area contributed by atoms with E-state index in [9.17, 15) is 9.59 Å². The molecule has 5 nitrogen and oxygen atoms in total. The highest BCUT2D eigenvalue weighted by atomic mass is 35.5. The molecule has 1 N–H and O–H groups in total. The van der Waals surface area contributed by atoms with Crippen molar-refractivity contribution in [2.24, 2.45) is 0 Å². The monoisotopic (exact) mass is 483 g/mol. The quantitative estimate of drug-likeness (QED) is 0.494. The number of fused-ring (bicyclic) bond motifs is 3. The van der Waals surface area contributed by atoms with E-state index in [0.717, 1.165) is 41.5 Å². The summed E-state index contributed by atoms with van der Waals surface area (Å²) in [7, 11) is 0. The van der Waals surface area contributed by atoms with Gasteiger partial charge in [0.25, 0.3) is 5.91 Å². The minimum Gasteiger partial charge on any atom is -0.351 e. The van der Waals surface area contributed by atoms with Gasteiger partial charge in [-0.1, -0.05) is 61.9 Å². The summed E-state index contributed by atoms with van der Waals surface area (Å²) in [6.07, 6.45) is 8.02. The average molecular weight is 484 g/mol. The van der Waals surface area contributed by atoms with Gasteiger partial charge in [0.05, 0.1) is 16.8 Å². The third kappa shape index (κ3) is 4.19. The highest BCUT2D eigenvalue weighted by Crippen LogP contribution is 2.36. The highest BCUT2D eigenvalue weighted by Gasteiger charge is 2.48. The van der Waals surface area contributed by atoms with Crippen molar-refractivity contribution in [2.45, 2.75) is 76.5 Å². The number of rotatable bonds is 4. The Bertz CT molecular complexity index is 1180. The number of carbonyl (C=O) groups is 2. The molecule has 1 atom stereocenters. The molecule has 0 bridgehead atoms. The van der Waals surface area contributed by atoms with Crippen LogP contribution in [0.2, 0.25) is 5.02 Å². The Morgan fingerprint density at radius 1 is 1.15 bits per heavy atom. The maximum Gasteiger partial charge on any atom is 0.271 e. The van der Waals surface area contributed by atoms with E-state index >= 15 is 0 Å². The van der Waals surface area contributed by atoms with Gasteiger partial charge in [-0.2, -0.15) is 0 Å². The van der Waals surface area contributed by atoms with E-state index in [1.54, 1.807) is 16.2 Å². The Kier molecular flexibility index (Phi) is 6.23. The van der Waals surface area contributed by atoms with Crippen molar-refractivity contribution in [3.05, 3.63) is 58.1 Å². The number of carbonyl (C=O) groups excluding carboxylic acids is 2. The lowest BCUT2D eigenvalue weighted by Crippen LogP contribution is -2.64. The van der Waals surface area contributed by atoms with Crippen molar-refractivity contribution in [3.63, 3.8) is 0 Å². The molecule has 0 saturated heterocycles. The lowest BCUT2D eigenvalue weighted by atomic mass is 9.91. The molecule has 5 rings (SSSR count). The molecule has 2 aromatic heterocycles. The molecule has 1 aromatic carbocycles. The SMILES string of the molecule is C[C@]1(C(=O)NC2CCCCCCC2)Cn2c(cc3sccc32)C(=O)N1Cc1ccccc1Cl. The number of amides is 2. The largest absolute Gasteiger partial charge is 0.351 e. The van der Waals surface area contributed by atoms with Crippen LogP contribution in [0.25, 0.3) is 10.2 Å². The molecular formula is C26H30ClN3O2S. The van der Waals surface area contributed by atoms with Crippen molar-refractivity contribution < 1.29 is 9.59 Å². The van der Waals surface area contributed by atoms with Crippen molar-refractivity contribution in [2.75, 3.05) is 0 Å². The minimum atomic E-state index is -1.01. The second-order valence-corrected chi connectivity index (χ2v) is 10.9. The Morgan fingerprint density at radius 2 is 1.88 bits per heavy atom. The Morgan fingerprint density at radius 3 is 2.64 bits per heavy atom. The van der Waals surface area contributed by atoms with E-state index in [1.165, 1.54) is 19.3 Å². The molecule has 174 valence electrons. The van der Waals surface area contributed by atoms with Gasteiger partial charge in [-0.15, -0.1) is 11.3 Å². The second-order valence-electron chi connectivity index (χ2n) is 9.56. The average Bonchev–Trinajstić information content (AvgIpc) is 3.36. The molecule has 7 heteroatoms. The number of benzene rings is 1. The first kappa shape index (κ1) is 22.5. The zero-order valence-corrected chi connectivity index (χ0v) is 20.6. The summed E-state index contributed by atoms with van der Waals surface area (Å²) in [4.78, 5) is 29.4. The first-order chi connectivity index (χ1) is 16.0. The van der Waals surface area contributed by atoms with Gasteiger partial charge >= 0.3 is 0 Å². The molecule has 1 aliphatic carbocycles. The zero-order valence-electron chi connectivity index (χ0n) is 19.0. The molecular weight excluding hydrogens is 454 g/mol. The summed E-state index contributed by atoms with van der Waals surface area (Å²) < 4.78 is 3.09. The number of hydrogen-bond acceptors (Lipinski definition) is 3. The molecule has 2 aliphatic rings. The lowest BCUT2D eigenvalue weighted by molar-refractivity contribution is -0.134. The van der Waals surface area contributed by atoms with Crippen LogP contribution in [0.15, 0.2) is 41.8 Å². The fourth-order valence-corrected chi connectivity index (χ4v) is 6.28. The van der Waals surface area contributed by atoms with E-state index in [0.29, 0.717) is 23.8 Å². The van der Waals surface area contributed by atoms with E-state index < -0.39 is 5.54 Å². The van der Waals surface area contributed by atoms with Gasteiger partial charge in [-0.3, -0.25) is 9.59 Å². The van der Waals surface area contributed by atoms with Crippen LogP contribution in [0.3, 0.4) is 0 Å². The number of nitrogens with zero attached hydrogens (tertiary/aromatic N) is 2. The van der Waals surface area contributed by atoms with Gasteiger partial charge in [0.2, 0.25) is 5.91 Å². The maximum absolute atomic E-state index is 13.9. The van der Waals surface area contributed by atoms with Crippen molar-refractivity contribution >= 4 is 45.0 Å². The van der Waals surface area contributed by atoms with Crippen LogP contribution in [0.4, 0.5) is 0 Å². The van der Waals surface area contributed by atoms with Gasteiger partial charge in [0.15, 0.2) is 0 Å². The molecule has 1 saturated carbocycles. The van der Waals surface area contributed by atoms with E-state index in [-0.39, 0.29) is 17.9 Å². The predicted octanol–water partition coefficient (Wildman–Crippen LogP) is 6.00. The van der Waals surface area contributed by atoms with Gasteiger partial charge in [0.1, 0.15) is 11.2 Å². The van der Waals surface area contributed by atoms with Gasteiger partial charge in [-0.05, 0) is 48.9 Å². The van der Waals surface area contributed by atoms with Crippen LogP contribution in [-0.4, -0.2) is 32.9 Å². The van der Waals surface area contributed by atoms with Crippen LogP contribution in [0, 0.1) is 0 Å². The summed E-state index contributed by atoms with van der Waals surface area (Å²) in [6, 6.07) is 11.7. The van der Waals surface area contributed by atoms with Crippen molar-refractivity contribution in [1.82, 2.24) is 14.8 Å². The molecule has 1 aliphatic heterocycles. The topological polar surface area (TPSA) is 54.3 Å². The van der Waals surface area contributed by atoms with Gasteiger partial charge in [-0.25, -0.2) is 0 Å². The molecule has 3 heterocycles. The summed E-state index contributed by atoms with van der Waals surface area (Å²) in [6.45, 7) is 2.63. The van der Waals surface area contributed by atoms with Crippen LogP contribution >= 0.6 is 22.9 Å².